The molecule has 4 saturated carbocycles. The van der Waals surface area contributed by atoms with Gasteiger partial charge in [0, 0.05) is 24.5 Å². The van der Waals surface area contributed by atoms with Gasteiger partial charge in [-0.15, -0.1) is 0 Å². The van der Waals surface area contributed by atoms with Crippen molar-refractivity contribution in [3.8, 4) is 0 Å². The van der Waals surface area contributed by atoms with Crippen molar-refractivity contribution in [2.75, 3.05) is 19.6 Å². The fourth-order valence-corrected chi connectivity index (χ4v) is 7.91. The van der Waals surface area contributed by atoms with E-state index >= 15 is 0 Å². The molecule has 1 aromatic carbocycles. The third kappa shape index (κ3) is 2.29. The molecule has 2 heterocycles. The van der Waals surface area contributed by atoms with Crippen molar-refractivity contribution in [2.24, 2.45) is 23.7 Å². The van der Waals surface area contributed by atoms with Crippen LogP contribution in [0.15, 0.2) is 24.3 Å². The van der Waals surface area contributed by atoms with Crippen molar-refractivity contribution < 1.29 is 0 Å². The molecule has 0 radical (unpaired) electrons. The Bertz CT molecular complexity index is 630. The van der Waals surface area contributed by atoms with E-state index in [-0.39, 0.29) is 0 Å². The van der Waals surface area contributed by atoms with Crippen LogP contribution in [0.2, 0.25) is 0 Å². The molecular weight excluding hydrogens is 304 g/mol. The lowest BCUT2D eigenvalue weighted by Crippen LogP contribution is -2.60. The average molecular weight is 337 g/mol. The Hall–Kier alpha value is -0.860. The molecule has 1 N–H and O–H groups in total. The molecular formula is C23H32N2. The molecule has 1 aromatic rings. The number of piperidine rings is 1. The zero-order valence-electron chi connectivity index (χ0n) is 15.4. The average Bonchev–Trinajstić information content (AvgIpc) is 2.63. The lowest BCUT2D eigenvalue weighted by molar-refractivity contribution is -0.0757. The predicted molar refractivity (Wildman–Crippen MR) is 101 cm³/mol. The summed E-state index contributed by atoms with van der Waals surface area (Å²) in [5.74, 6) is 4.29. The lowest BCUT2D eigenvalue weighted by Gasteiger charge is -2.59. The van der Waals surface area contributed by atoms with Gasteiger partial charge in [-0.2, -0.15) is 0 Å². The smallest absolute Gasteiger partial charge is 0.0208 e. The van der Waals surface area contributed by atoms with Crippen LogP contribution in [0.3, 0.4) is 0 Å². The van der Waals surface area contributed by atoms with Gasteiger partial charge in [-0.25, -0.2) is 0 Å². The van der Waals surface area contributed by atoms with Gasteiger partial charge in [-0.1, -0.05) is 24.3 Å². The van der Waals surface area contributed by atoms with Crippen molar-refractivity contribution in [2.45, 2.75) is 62.9 Å². The Kier molecular flexibility index (Phi) is 3.39. The minimum Gasteiger partial charge on any atom is -0.312 e. The topological polar surface area (TPSA) is 15.3 Å². The van der Waals surface area contributed by atoms with E-state index < -0.39 is 0 Å². The maximum absolute atomic E-state index is 3.73. The van der Waals surface area contributed by atoms with Gasteiger partial charge in [0.25, 0.3) is 0 Å². The number of hydrogen-bond donors (Lipinski definition) is 1. The van der Waals surface area contributed by atoms with Crippen molar-refractivity contribution in [3.63, 3.8) is 0 Å². The van der Waals surface area contributed by atoms with E-state index in [9.17, 15) is 0 Å². The molecule has 134 valence electrons. The number of likely N-dealkylation sites (tertiary alicyclic amines) is 1. The molecule has 2 aliphatic heterocycles. The quantitative estimate of drug-likeness (QED) is 0.835. The Morgan fingerprint density at radius 3 is 2.28 bits per heavy atom. The monoisotopic (exact) mass is 336 g/mol. The number of nitrogens with one attached hydrogen (secondary N) is 1. The van der Waals surface area contributed by atoms with Gasteiger partial charge in [-0.3, -0.25) is 4.90 Å². The fourth-order valence-electron chi connectivity index (χ4n) is 7.91. The van der Waals surface area contributed by atoms with Crippen LogP contribution in [0.1, 0.15) is 56.1 Å². The summed E-state index contributed by atoms with van der Waals surface area (Å²) in [5.41, 5.74) is 3.63. The third-order valence-electron chi connectivity index (χ3n) is 8.72. The van der Waals surface area contributed by atoms with Crippen molar-refractivity contribution in [1.82, 2.24) is 10.2 Å². The van der Waals surface area contributed by atoms with E-state index in [1.165, 1.54) is 32.5 Å². The SMILES string of the molecule is c1ccc2c(c1)CNCC21CCN(C2C3CC4CC(C3)CC2C4)CC1. The summed E-state index contributed by atoms with van der Waals surface area (Å²) in [6.07, 6.45) is 10.5. The molecule has 0 atom stereocenters. The fraction of sp³-hybridized carbons (Fsp3) is 0.739. The second-order valence-corrected chi connectivity index (χ2v) is 10.00. The Morgan fingerprint density at radius 1 is 0.880 bits per heavy atom. The number of rotatable bonds is 1. The first-order valence-electron chi connectivity index (χ1n) is 10.8. The van der Waals surface area contributed by atoms with Gasteiger partial charge in [-0.05, 0) is 92.8 Å². The van der Waals surface area contributed by atoms with Crippen LogP contribution in [0.4, 0.5) is 0 Å². The lowest BCUT2D eigenvalue weighted by atomic mass is 9.53. The molecule has 4 bridgehead atoms. The van der Waals surface area contributed by atoms with Crippen LogP contribution in [0, 0.1) is 23.7 Å². The van der Waals surface area contributed by atoms with E-state index in [4.69, 9.17) is 0 Å². The van der Waals surface area contributed by atoms with E-state index in [1.54, 1.807) is 43.2 Å². The van der Waals surface area contributed by atoms with E-state index in [0.29, 0.717) is 5.41 Å². The molecule has 2 nitrogen and oxygen atoms in total. The van der Waals surface area contributed by atoms with Gasteiger partial charge in [0.1, 0.15) is 0 Å². The minimum atomic E-state index is 0.414. The highest BCUT2D eigenvalue weighted by Gasteiger charge is 2.51. The molecule has 0 amide bonds. The Morgan fingerprint density at radius 2 is 1.56 bits per heavy atom. The minimum absolute atomic E-state index is 0.414. The maximum Gasteiger partial charge on any atom is 0.0208 e. The normalized spacial score (nSPS) is 41.8. The Balaban J connectivity index is 1.22. The second-order valence-electron chi connectivity index (χ2n) is 10.00. The summed E-state index contributed by atoms with van der Waals surface area (Å²) >= 11 is 0. The summed E-state index contributed by atoms with van der Waals surface area (Å²) in [6, 6.07) is 10.2. The molecule has 0 unspecified atom stereocenters. The number of nitrogens with zero attached hydrogens (tertiary/aromatic N) is 1. The molecule has 6 aliphatic rings. The molecule has 5 fully saturated rings. The zero-order chi connectivity index (χ0) is 16.4. The summed E-state index contributed by atoms with van der Waals surface area (Å²) in [7, 11) is 0. The first-order valence-corrected chi connectivity index (χ1v) is 10.8. The first-order chi connectivity index (χ1) is 12.3. The van der Waals surface area contributed by atoms with Gasteiger partial charge < -0.3 is 5.32 Å². The van der Waals surface area contributed by atoms with Crippen LogP contribution >= 0.6 is 0 Å². The van der Waals surface area contributed by atoms with Gasteiger partial charge in [0.05, 0.1) is 0 Å². The first kappa shape index (κ1) is 15.2. The number of hydrogen-bond acceptors (Lipinski definition) is 2. The van der Waals surface area contributed by atoms with Crippen molar-refractivity contribution in [1.29, 1.82) is 0 Å². The van der Waals surface area contributed by atoms with Crippen LogP contribution < -0.4 is 5.32 Å². The summed E-state index contributed by atoms with van der Waals surface area (Å²) in [6.45, 7) is 4.93. The molecule has 1 spiro atoms. The van der Waals surface area contributed by atoms with Crippen molar-refractivity contribution >= 4 is 0 Å². The molecule has 4 aliphatic carbocycles. The molecule has 2 heteroatoms. The zero-order valence-corrected chi connectivity index (χ0v) is 15.4. The van der Waals surface area contributed by atoms with Crippen LogP contribution in [0.25, 0.3) is 0 Å². The van der Waals surface area contributed by atoms with Crippen LogP contribution in [0.5, 0.6) is 0 Å². The molecule has 0 aromatic heterocycles. The van der Waals surface area contributed by atoms with Crippen LogP contribution in [-0.4, -0.2) is 30.6 Å². The van der Waals surface area contributed by atoms with E-state index in [2.05, 4.69) is 34.5 Å². The molecule has 1 saturated heterocycles. The van der Waals surface area contributed by atoms with E-state index in [1.807, 2.05) is 0 Å². The highest BCUT2D eigenvalue weighted by molar-refractivity contribution is 5.37. The second kappa shape index (κ2) is 5.57. The van der Waals surface area contributed by atoms with Crippen LogP contribution in [-0.2, 0) is 12.0 Å². The highest BCUT2D eigenvalue weighted by atomic mass is 15.2. The Labute approximate surface area is 152 Å². The maximum atomic E-state index is 3.73. The highest BCUT2D eigenvalue weighted by Crippen LogP contribution is 2.55. The summed E-state index contributed by atoms with van der Waals surface area (Å²) < 4.78 is 0. The standard InChI is InChI=1S/C23H32N2/c1-2-4-21-18(3-1)14-24-15-23(21)5-7-25(8-6-23)22-19-10-16-9-17(12-19)13-20(22)11-16/h1-4,16-17,19-20,22,24H,5-15H2. The summed E-state index contributed by atoms with van der Waals surface area (Å²) in [5, 5.41) is 3.73. The van der Waals surface area contributed by atoms with Gasteiger partial charge in [0.15, 0.2) is 0 Å². The largest absolute Gasteiger partial charge is 0.312 e. The predicted octanol–water partition coefficient (Wildman–Crippen LogP) is 3.95. The van der Waals surface area contributed by atoms with Gasteiger partial charge in [0.2, 0.25) is 0 Å². The molecule has 7 rings (SSSR count). The van der Waals surface area contributed by atoms with Gasteiger partial charge >= 0.3 is 0 Å². The number of benzene rings is 1. The van der Waals surface area contributed by atoms with E-state index in [0.717, 1.165) is 36.3 Å². The number of fused-ring (bicyclic) bond motifs is 2. The summed E-state index contributed by atoms with van der Waals surface area (Å²) in [4.78, 5) is 2.95. The third-order valence-corrected chi connectivity index (χ3v) is 8.72. The van der Waals surface area contributed by atoms with Crippen molar-refractivity contribution in [3.05, 3.63) is 35.4 Å². The molecule has 25 heavy (non-hydrogen) atoms.